The van der Waals surface area contributed by atoms with Crippen LogP contribution in [0.15, 0.2) is 140 Å². The summed E-state index contributed by atoms with van der Waals surface area (Å²) >= 11 is 0. The van der Waals surface area contributed by atoms with Crippen molar-refractivity contribution >= 4 is 43.6 Å². The Kier molecular flexibility index (Phi) is 7.51. The Balaban J connectivity index is 0.000000145. The van der Waals surface area contributed by atoms with Crippen LogP contribution < -0.4 is 0 Å². The van der Waals surface area contributed by atoms with E-state index in [0.717, 1.165) is 0 Å². The van der Waals surface area contributed by atoms with Gasteiger partial charge in [0.05, 0.1) is 11.0 Å². The maximum atomic E-state index is 2.36. The summed E-state index contributed by atoms with van der Waals surface area (Å²) < 4.78 is 4.63. The molecule has 0 aliphatic carbocycles. The lowest BCUT2D eigenvalue weighted by molar-refractivity contribution is 0.866. The highest BCUT2D eigenvalue weighted by Crippen LogP contribution is 2.33. The third kappa shape index (κ3) is 5.21. The monoisotopic (exact) mass is 584 g/mol. The van der Waals surface area contributed by atoms with Crippen molar-refractivity contribution in [3.63, 3.8) is 0 Å². The van der Waals surface area contributed by atoms with Gasteiger partial charge in [0.1, 0.15) is 0 Å². The predicted octanol–water partition coefficient (Wildman–Crippen LogP) is 12.0. The summed E-state index contributed by atoms with van der Waals surface area (Å²) in [5, 5.41) is 5.27. The van der Waals surface area contributed by atoms with Gasteiger partial charge in [-0.05, 0) is 76.6 Å². The molecule has 0 spiro atoms. The van der Waals surface area contributed by atoms with Crippen molar-refractivity contribution in [3.05, 3.63) is 151 Å². The Morgan fingerprint density at radius 1 is 0.400 bits per heavy atom. The van der Waals surface area contributed by atoms with Gasteiger partial charge in [0.2, 0.25) is 0 Å². The molecular formula is C43H40N2. The van der Waals surface area contributed by atoms with Crippen LogP contribution in [0, 0.1) is 0 Å². The van der Waals surface area contributed by atoms with Gasteiger partial charge in [-0.1, -0.05) is 125 Å². The maximum absolute atomic E-state index is 2.36. The van der Waals surface area contributed by atoms with Crippen LogP contribution in [-0.2, 0) is 7.05 Å². The first-order valence-corrected chi connectivity index (χ1v) is 16.1. The molecule has 0 N–H and O–H groups in total. The molecule has 0 saturated carbocycles. The molecule has 0 saturated heterocycles. The van der Waals surface area contributed by atoms with Crippen molar-refractivity contribution < 1.29 is 0 Å². The molecule has 0 radical (unpaired) electrons. The fraction of sp³-hybridized carbons (Fsp3) is 0.163. The van der Waals surface area contributed by atoms with E-state index >= 15 is 0 Å². The molecule has 0 aliphatic heterocycles. The van der Waals surface area contributed by atoms with Gasteiger partial charge < -0.3 is 9.13 Å². The van der Waals surface area contributed by atoms with E-state index in [9.17, 15) is 0 Å². The van der Waals surface area contributed by atoms with Crippen LogP contribution in [0.25, 0.3) is 60.4 Å². The van der Waals surface area contributed by atoms with Crippen molar-refractivity contribution in [1.29, 1.82) is 0 Å². The Hall–Kier alpha value is -5.08. The fourth-order valence-corrected chi connectivity index (χ4v) is 6.62. The number of rotatable bonds is 4. The quantitative estimate of drug-likeness (QED) is 0.195. The van der Waals surface area contributed by atoms with E-state index < -0.39 is 0 Å². The number of nitrogens with zero attached hydrogens (tertiary/aromatic N) is 2. The number of aromatic nitrogens is 2. The summed E-state index contributed by atoms with van der Waals surface area (Å²) in [5.74, 6) is 1.14. The van der Waals surface area contributed by atoms with Gasteiger partial charge in [0.15, 0.2) is 0 Å². The minimum Gasteiger partial charge on any atom is -0.344 e. The molecule has 8 aromatic rings. The van der Waals surface area contributed by atoms with E-state index in [-0.39, 0.29) is 0 Å². The largest absolute Gasteiger partial charge is 0.344 e. The zero-order chi connectivity index (χ0) is 31.1. The normalized spacial score (nSPS) is 11.6. The van der Waals surface area contributed by atoms with Gasteiger partial charge in [-0.15, -0.1) is 0 Å². The average molecular weight is 585 g/mol. The standard InChI is InChI=1S/C22H21N.C21H19N/c1-15(2)16-8-10-17(11-9-16)18-12-13-22-20(14-18)19-6-4-5-7-21(19)23(22)3;1-15(2)16-11-13-17(14-12-16)22-20-9-5-3-7-18(20)19-8-4-6-10-21(19)22/h4-15H,1-3H3;3-15H,1-2H3. The molecule has 0 atom stereocenters. The molecule has 0 fully saturated rings. The summed E-state index contributed by atoms with van der Waals surface area (Å²) in [4.78, 5) is 0. The maximum Gasteiger partial charge on any atom is 0.0541 e. The van der Waals surface area contributed by atoms with Crippen LogP contribution in [0.1, 0.15) is 50.7 Å². The molecule has 8 rings (SSSR count). The lowest BCUT2D eigenvalue weighted by Crippen LogP contribution is -1.95. The van der Waals surface area contributed by atoms with Crippen molar-refractivity contribution in [2.45, 2.75) is 39.5 Å². The molecule has 45 heavy (non-hydrogen) atoms. The first kappa shape index (κ1) is 28.7. The molecule has 222 valence electrons. The number of para-hydroxylation sites is 3. The predicted molar refractivity (Wildman–Crippen MR) is 195 cm³/mol. The van der Waals surface area contributed by atoms with Crippen molar-refractivity contribution in [3.8, 4) is 16.8 Å². The first-order chi connectivity index (χ1) is 21.9. The third-order valence-electron chi connectivity index (χ3n) is 9.22. The highest BCUT2D eigenvalue weighted by Gasteiger charge is 2.12. The number of hydrogen-bond donors (Lipinski definition) is 0. The van der Waals surface area contributed by atoms with Crippen LogP contribution in [0.2, 0.25) is 0 Å². The Morgan fingerprint density at radius 3 is 1.36 bits per heavy atom. The number of benzene rings is 6. The summed E-state index contributed by atoms with van der Waals surface area (Å²) in [7, 11) is 2.14. The van der Waals surface area contributed by atoms with Gasteiger partial charge >= 0.3 is 0 Å². The van der Waals surface area contributed by atoms with E-state index in [2.05, 4.69) is 183 Å². The molecule has 0 aliphatic rings. The summed E-state index contributed by atoms with van der Waals surface area (Å²) in [6.07, 6.45) is 0. The van der Waals surface area contributed by atoms with Crippen LogP contribution in [0.4, 0.5) is 0 Å². The van der Waals surface area contributed by atoms with Crippen molar-refractivity contribution in [2.75, 3.05) is 0 Å². The number of hydrogen-bond acceptors (Lipinski definition) is 0. The van der Waals surface area contributed by atoms with Crippen LogP contribution >= 0.6 is 0 Å². The zero-order valence-corrected chi connectivity index (χ0v) is 26.8. The van der Waals surface area contributed by atoms with Gasteiger partial charge in [-0.2, -0.15) is 0 Å². The lowest BCUT2D eigenvalue weighted by Gasteiger charge is -2.10. The van der Waals surface area contributed by atoms with Crippen LogP contribution in [0.5, 0.6) is 0 Å². The van der Waals surface area contributed by atoms with Gasteiger partial charge in [0, 0.05) is 45.3 Å². The summed E-state index contributed by atoms with van der Waals surface area (Å²) in [5.41, 5.74) is 11.7. The number of aryl methyl sites for hydroxylation is 1. The third-order valence-corrected chi connectivity index (χ3v) is 9.22. The highest BCUT2D eigenvalue weighted by molar-refractivity contribution is 6.10. The van der Waals surface area contributed by atoms with E-state index in [0.29, 0.717) is 11.8 Å². The second kappa shape index (κ2) is 11.8. The highest BCUT2D eigenvalue weighted by atomic mass is 15.0. The molecule has 0 bridgehead atoms. The van der Waals surface area contributed by atoms with E-state index in [4.69, 9.17) is 0 Å². The van der Waals surface area contributed by atoms with Gasteiger partial charge in [-0.25, -0.2) is 0 Å². The Labute approximate surface area is 266 Å². The fourth-order valence-electron chi connectivity index (χ4n) is 6.62. The number of fused-ring (bicyclic) bond motifs is 6. The molecular weight excluding hydrogens is 544 g/mol. The Bertz CT molecular complexity index is 2210. The second-order valence-electron chi connectivity index (χ2n) is 12.7. The molecule has 2 heterocycles. The van der Waals surface area contributed by atoms with E-state index in [1.807, 2.05) is 0 Å². The SMILES string of the molecule is CC(C)c1ccc(-c2ccc3c(c2)c2ccccc2n3C)cc1.CC(C)c1ccc(-n2c3ccccc3c3ccccc32)cc1. The molecule has 0 amide bonds. The second-order valence-corrected chi connectivity index (χ2v) is 12.7. The van der Waals surface area contributed by atoms with Crippen molar-refractivity contribution in [1.82, 2.24) is 9.13 Å². The Morgan fingerprint density at radius 2 is 0.822 bits per heavy atom. The summed E-state index contributed by atoms with van der Waals surface area (Å²) in [6.45, 7) is 8.93. The first-order valence-electron chi connectivity index (χ1n) is 16.1. The molecule has 6 aromatic carbocycles. The molecule has 2 nitrogen and oxygen atoms in total. The molecule has 2 aromatic heterocycles. The minimum absolute atomic E-state index is 0.562. The van der Waals surface area contributed by atoms with E-state index in [1.54, 1.807) is 0 Å². The van der Waals surface area contributed by atoms with Crippen molar-refractivity contribution in [2.24, 2.45) is 7.05 Å². The summed E-state index contributed by atoms with van der Waals surface area (Å²) in [6, 6.07) is 50.6. The van der Waals surface area contributed by atoms with Gasteiger partial charge in [-0.3, -0.25) is 0 Å². The smallest absolute Gasteiger partial charge is 0.0541 e. The van der Waals surface area contributed by atoms with Crippen LogP contribution in [0.3, 0.4) is 0 Å². The van der Waals surface area contributed by atoms with E-state index in [1.165, 1.54) is 71.6 Å². The lowest BCUT2D eigenvalue weighted by atomic mass is 9.98. The molecule has 0 unspecified atom stereocenters. The molecule has 2 heteroatoms. The minimum atomic E-state index is 0.562. The topological polar surface area (TPSA) is 9.86 Å². The van der Waals surface area contributed by atoms with Crippen LogP contribution in [-0.4, -0.2) is 9.13 Å². The van der Waals surface area contributed by atoms with Gasteiger partial charge in [0.25, 0.3) is 0 Å². The average Bonchev–Trinajstić information content (AvgIpc) is 3.57. The zero-order valence-electron chi connectivity index (χ0n) is 26.8.